The van der Waals surface area contributed by atoms with Gasteiger partial charge in [0.1, 0.15) is 0 Å². The first-order valence-electron chi connectivity index (χ1n) is 6.70. The van der Waals surface area contributed by atoms with Gasteiger partial charge in [0.2, 0.25) is 0 Å². The molecule has 3 rings (SSSR count). The second-order valence-electron chi connectivity index (χ2n) is 5.24. The molecule has 1 N–H and O–H groups in total. The van der Waals surface area contributed by atoms with Gasteiger partial charge in [-0.05, 0) is 17.7 Å². The molecule has 0 aliphatic carbocycles. The molecule has 0 saturated carbocycles. The van der Waals surface area contributed by atoms with Crippen LogP contribution >= 0.6 is 11.6 Å². The van der Waals surface area contributed by atoms with Crippen LogP contribution in [0.15, 0.2) is 47.4 Å². The molecule has 0 amide bonds. The third-order valence-corrected chi connectivity index (χ3v) is 5.80. The molecular formula is C16H11ClO5S. The maximum Gasteiger partial charge on any atom is 0.312 e. The molecule has 118 valence electrons. The molecule has 0 bridgehead atoms. The Morgan fingerprint density at radius 2 is 1.78 bits per heavy atom. The van der Waals surface area contributed by atoms with Crippen molar-refractivity contribution in [2.24, 2.45) is 0 Å². The molecule has 2 aromatic carbocycles. The average molecular weight is 351 g/mol. The summed E-state index contributed by atoms with van der Waals surface area (Å²) in [5.74, 6) is -3.53. The van der Waals surface area contributed by atoms with E-state index in [1.165, 1.54) is 12.1 Å². The highest BCUT2D eigenvalue weighted by atomic mass is 35.5. The Morgan fingerprint density at radius 1 is 1.13 bits per heavy atom. The highest BCUT2D eigenvalue weighted by molar-refractivity contribution is 7.92. The van der Waals surface area contributed by atoms with Gasteiger partial charge in [-0.2, -0.15) is 0 Å². The smallest absolute Gasteiger partial charge is 0.312 e. The number of hydrogen-bond donors (Lipinski definition) is 1. The number of carbonyl (C=O) groups excluding carboxylic acids is 1. The number of fused-ring (bicyclic) bond motifs is 1. The molecule has 0 radical (unpaired) electrons. The number of benzene rings is 2. The monoisotopic (exact) mass is 350 g/mol. The van der Waals surface area contributed by atoms with Crippen LogP contribution in [-0.4, -0.2) is 31.0 Å². The average Bonchev–Trinajstić information content (AvgIpc) is 2.78. The summed E-state index contributed by atoms with van der Waals surface area (Å²) in [6, 6.07) is 10.8. The third-order valence-electron chi connectivity index (χ3n) is 3.73. The highest BCUT2D eigenvalue weighted by Crippen LogP contribution is 2.40. The fourth-order valence-electron chi connectivity index (χ4n) is 2.73. The number of carbonyl (C=O) groups is 2. The molecular weight excluding hydrogens is 340 g/mol. The molecule has 0 fully saturated rings. The number of ketones is 1. The second kappa shape index (κ2) is 5.47. The summed E-state index contributed by atoms with van der Waals surface area (Å²) in [4.78, 5) is 23.8. The van der Waals surface area contributed by atoms with Crippen molar-refractivity contribution in [1.82, 2.24) is 0 Å². The van der Waals surface area contributed by atoms with Crippen LogP contribution in [0.5, 0.6) is 0 Å². The fourth-order valence-corrected chi connectivity index (χ4v) is 4.93. The van der Waals surface area contributed by atoms with E-state index in [1.807, 2.05) is 0 Å². The molecule has 1 unspecified atom stereocenters. The van der Waals surface area contributed by atoms with Crippen LogP contribution in [0.25, 0.3) is 0 Å². The van der Waals surface area contributed by atoms with Crippen molar-refractivity contribution < 1.29 is 23.1 Å². The molecule has 1 heterocycles. The van der Waals surface area contributed by atoms with Crippen molar-refractivity contribution in [1.29, 1.82) is 0 Å². The molecule has 1 aliphatic rings. The Morgan fingerprint density at radius 3 is 2.39 bits per heavy atom. The Bertz CT molecular complexity index is 919. The van der Waals surface area contributed by atoms with Crippen LogP contribution in [0.4, 0.5) is 0 Å². The summed E-state index contributed by atoms with van der Waals surface area (Å²) in [6.45, 7) is 0. The molecule has 0 aromatic heterocycles. The number of rotatable bonds is 3. The maximum absolute atomic E-state index is 12.7. The lowest BCUT2D eigenvalue weighted by molar-refractivity contribution is -0.138. The predicted octanol–water partition coefficient (Wildman–Crippen LogP) is 2.53. The summed E-state index contributed by atoms with van der Waals surface area (Å²) in [5.41, 5.74) is 0.303. The molecule has 2 aromatic rings. The molecule has 0 spiro atoms. The van der Waals surface area contributed by atoms with Crippen LogP contribution < -0.4 is 0 Å². The Hall–Kier alpha value is -2.18. The number of halogens is 1. The molecule has 1 aliphatic heterocycles. The van der Waals surface area contributed by atoms with E-state index in [9.17, 15) is 23.1 Å². The first kappa shape index (κ1) is 15.7. The first-order chi connectivity index (χ1) is 10.8. The van der Waals surface area contributed by atoms with E-state index in [1.54, 1.807) is 30.3 Å². The number of sulfone groups is 1. The van der Waals surface area contributed by atoms with Gasteiger partial charge in [0.25, 0.3) is 0 Å². The topological polar surface area (TPSA) is 88.5 Å². The standard InChI is InChI=1S/C16H11ClO5S/c17-10-6-11-13(16(19)20)8-23(21,22)15(11)12(7-10)14(18)9-4-2-1-3-5-9/h1-7,13H,8H2,(H,19,20). The molecule has 7 heteroatoms. The number of carboxylic acids is 1. The van der Waals surface area contributed by atoms with Gasteiger partial charge < -0.3 is 5.11 Å². The van der Waals surface area contributed by atoms with E-state index in [2.05, 4.69) is 0 Å². The van der Waals surface area contributed by atoms with Crippen molar-refractivity contribution in [3.05, 3.63) is 64.2 Å². The molecule has 23 heavy (non-hydrogen) atoms. The van der Waals surface area contributed by atoms with Crippen LogP contribution in [0.3, 0.4) is 0 Å². The summed E-state index contributed by atoms with van der Waals surface area (Å²) in [5, 5.41) is 9.37. The van der Waals surface area contributed by atoms with Crippen molar-refractivity contribution in [2.75, 3.05) is 5.75 Å². The quantitative estimate of drug-likeness (QED) is 0.859. The lowest BCUT2D eigenvalue weighted by Crippen LogP contribution is -2.13. The predicted molar refractivity (Wildman–Crippen MR) is 83.8 cm³/mol. The SMILES string of the molecule is O=C(c1ccccc1)c1cc(Cl)cc2c1S(=O)(=O)CC2C(=O)O. The summed E-state index contributed by atoms with van der Waals surface area (Å²) < 4.78 is 24.8. The number of aliphatic carboxylic acids is 1. The molecule has 1 atom stereocenters. The Kier molecular flexibility index (Phi) is 3.74. The van der Waals surface area contributed by atoms with E-state index in [0.717, 1.165) is 0 Å². The normalized spacial score (nSPS) is 18.4. The fraction of sp³-hybridized carbons (Fsp3) is 0.125. The highest BCUT2D eigenvalue weighted by Gasteiger charge is 2.42. The van der Waals surface area contributed by atoms with Gasteiger partial charge in [0, 0.05) is 16.1 Å². The van der Waals surface area contributed by atoms with Gasteiger partial charge in [-0.15, -0.1) is 0 Å². The van der Waals surface area contributed by atoms with Gasteiger partial charge in [-0.25, -0.2) is 8.42 Å². The summed E-state index contributed by atoms with van der Waals surface area (Å²) in [6.07, 6.45) is 0. The van der Waals surface area contributed by atoms with E-state index < -0.39 is 33.3 Å². The van der Waals surface area contributed by atoms with Crippen LogP contribution in [-0.2, 0) is 14.6 Å². The van der Waals surface area contributed by atoms with Crippen molar-refractivity contribution in [3.63, 3.8) is 0 Å². The van der Waals surface area contributed by atoms with Crippen molar-refractivity contribution >= 4 is 33.2 Å². The van der Waals surface area contributed by atoms with E-state index in [0.29, 0.717) is 5.56 Å². The molecule has 5 nitrogen and oxygen atoms in total. The van der Waals surface area contributed by atoms with Gasteiger partial charge >= 0.3 is 5.97 Å². The Labute approximate surface area is 137 Å². The minimum atomic E-state index is -3.86. The van der Waals surface area contributed by atoms with E-state index in [4.69, 9.17) is 11.6 Å². The zero-order valence-electron chi connectivity index (χ0n) is 11.7. The zero-order valence-corrected chi connectivity index (χ0v) is 13.3. The van der Waals surface area contributed by atoms with Crippen molar-refractivity contribution in [2.45, 2.75) is 10.8 Å². The van der Waals surface area contributed by atoms with Gasteiger partial charge in [0.15, 0.2) is 15.6 Å². The van der Waals surface area contributed by atoms with Gasteiger partial charge in [0.05, 0.1) is 16.6 Å². The van der Waals surface area contributed by atoms with Crippen LogP contribution in [0.2, 0.25) is 5.02 Å². The van der Waals surface area contributed by atoms with Gasteiger partial charge in [-0.1, -0.05) is 41.9 Å². The minimum absolute atomic E-state index is 0.0734. The second-order valence-corrected chi connectivity index (χ2v) is 7.65. The minimum Gasteiger partial charge on any atom is -0.481 e. The zero-order chi connectivity index (χ0) is 16.8. The van der Waals surface area contributed by atoms with Crippen molar-refractivity contribution in [3.8, 4) is 0 Å². The van der Waals surface area contributed by atoms with E-state index in [-0.39, 0.29) is 21.0 Å². The lowest BCUT2D eigenvalue weighted by Gasteiger charge is -2.09. The van der Waals surface area contributed by atoms with Crippen LogP contribution in [0.1, 0.15) is 27.4 Å². The maximum atomic E-state index is 12.7. The van der Waals surface area contributed by atoms with E-state index >= 15 is 0 Å². The molecule has 0 saturated heterocycles. The van der Waals surface area contributed by atoms with Crippen LogP contribution in [0, 0.1) is 0 Å². The number of carboxylic acid groups (broad SMARTS) is 1. The summed E-state index contributed by atoms with van der Waals surface area (Å²) in [7, 11) is -3.86. The lowest BCUT2D eigenvalue weighted by atomic mass is 9.96. The Balaban J connectivity index is 2.27. The largest absolute Gasteiger partial charge is 0.481 e. The third kappa shape index (κ3) is 2.64. The number of hydrogen-bond acceptors (Lipinski definition) is 4. The van der Waals surface area contributed by atoms with Gasteiger partial charge in [-0.3, -0.25) is 9.59 Å². The first-order valence-corrected chi connectivity index (χ1v) is 8.73. The summed E-state index contributed by atoms with van der Waals surface area (Å²) >= 11 is 5.98.